The zero-order valence-corrected chi connectivity index (χ0v) is 16.1. The molecule has 0 bridgehead atoms. The van der Waals surface area contributed by atoms with Gasteiger partial charge in [0.05, 0.1) is 13.2 Å². The molecule has 0 spiro atoms. The van der Waals surface area contributed by atoms with E-state index in [9.17, 15) is 9.59 Å². The summed E-state index contributed by atoms with van der Waals surface area (Å²) in [6, 6.07) is 9.86. The van der Waals surface area contributed by atoms with Gasteiger partial charge in [-0.2, -0.15) is 5.10 Å². The van der Waals surface area contributed by atoms with Crippen molar-refractivity contribution in [3.05, 3.63) is 53.9 Å². The highest BCUT2D eigenvalue weighted by Gasteiger charge is 2.24. The highest BCUT2D eigenvalue weighted by atomic mass is 16.6. The number of rotatable bonds is 6. The summed E-state index contributed by atoms with van der Waals surface area (Å²) in [6.07, 6.45) is 4.86. The lowest BCUT2D eigenvalue weighted by molar-refractivity contribution is 0.0957. The molecule has 28 heavy (non-hydrogen) atoms. The molecule has 1 aromatic carbocycles. The highest BCUT2D eigenvalue weighted by Crippen LogP contribution is 2.12. The van der Waals surface area contributed by atoms with E-state index in [0.29, 0.717) is 32.8 Å². The molecule has 1 aliphatic rings. The smallest absolute Gasteiger partial charge is 0.409 e. The lowest BCUT2D eigenvalue weighted by Crippen LogP contribution is -2.49. The maximum Gasteiger partial charge on any atom is 0.409 e. The van der Waals surface area contributed by atoms with E-state index in [1.807, 2.05) is 35.1 Å². The summed E-state index contributed by atoms with van der Waals surface area (Å²) in [5.41, 5.74) is 2.17. The molecule has 1 saturated heterocycles. The number of nitrogens with zero attached hydrogens (tertiary/aromatic N) is 3. The number of carbonyl (C=O) groups is 2. The lowest BCUT2D eigenvalue weighted by atomic mass is 10.1. The summed E-state index contributed by atoms with van der Waals surface area (Å²) in [4.78, 5) is 25.6. The van der Waals surface area contributed by atoms with Crippen molar-refractivity contribution in [2.24, 2.45) is 0 Å². The zero-order valence-electron chi connectivity index (χ0n) is 16.1. The average Bonchev–Trinajstić information content (AvgIpc) is 3.20. The molecule has 3 rings (SSSR count). The number of carbonyl (C=O) groups excluding carboxylic acids is 2. The van der Waals surface area contributed by atoms with Gasteiger partial charge in [-0.1, -0.05) is 24.3 Å². The van der Waals surface area contributed by atoms with E-state index in [0.717, 1.165) is 24.0 Å². The zero-order chi connectivity index (χ0) is 19.8. The topological polar surface area (TPSA) is 88.5 Å². The molecular formula is C20H27N5O3. The first kappa shape index (κ1) is 19.7. The molecule has 3 amide bonds. The van der Waals surface area contributed by atoms with Gasteiger partial charge in [-0.3, -0.25) is 4.68 Å². The van der Waals surface area contributed by atoms with Crippen LogP contribution in [0.25, 0.3) is 0 Å². The Kier molecular flexibility index (Phi) is 6.89. The van der Waals surface area contributed by atoms with Crippen LogP contribution in [-0.2, 0) is 17.8 Å². The Morgan fingerprint density at radius 2 is 2.00 bits per heavy atom. The van der Waals surface area contributed by atoms with Gasteiger partial charge in [-0.25, -0.2) is 9.59 Å². The van der Waals surface area contributed by atoms with Crippen molar-refractivity contribution >= 4 is 12.1 Å². The quantitative estimate of drug-likeness (QED) is 0.799. The Labute approximate surface area is 164 Å². The van der Waals surface area contributed by atoms with Crippen LogP contribution >= 0.6 is 0 Å². The van der Waals surface area contributed by atoms with Gasteiger partial charge in [0.25, 0.3) is 0 Å². The minimum atomic E-state index is -0.277. The van der Waals surface area contributed by atoms with Gasteiger partial charge in [0, 0.05) is 38.1 Å². The molecular weight excluding hydrogens is 358 g/mol. The predicted octanol–water partition coefficient (Wildman–Crippen LogP) is 2.35. The van der Waals surface area contributed by atoms with Crippen molar-refractivity contribution in [1.82, 2.24) is 25.3 Å². The molecule has 2 heterocycles. The Morgan fingerprint density at radius 1 is 1.21 bits per heavy atom. The molecule has 2 N–H and O–H groups in total. The van der Waals surface area contributed by atoms with Crippen LogP contribution in [0.3, 0.4) is 0 Å². The second kappa shape index (κ2) is 9.77. The van der Waals surface area contributed by atoms with E-state index in [1.54, 1.807) is 18.0 Å². The lowest BCUT2D eigenvalue weighted by Gasteiger charge is -2.31. The highest BCUT2D eigenvalue weighted by molar-refractivity contribution is 5.74. The standard InChI is InChI=1S/C20H27N5O3/c1-2-28-20(27)24-11-7-18(8-12-24)23-19(26)21-14-16-5-3-6-17(13-16)15-25-10-4-9-22-25/h3-6,9-10,13,18H,2,7-8,11-12,14-15H2,1H3,(H2,21,23,26). The first-order chi connectivity index (χ1) is 13.6. The number of urea groups is 1. The van der Waals surface area contributed by atoms with Crippen molar-refractivity contribution in [2.75, 3.05) is 19.7 Å². The van der Waals surface area contributed by atoms with Gasteiger partial charge >= 0.3 is 12.1 Å². The van der Waals surface area contributed by atoms with E-state index in [1.165, 1.54) is 0 Å². The number of ether oxygens (including phenoxy) is 1. The first-order valence-corrected chi connectivity index (χ1v) is 9.65. The van der Waals surface area contributed by atoms with E-state index < -0.39 is 0 Å². The molecule has 0 saturated carbocycles. The molecule has 2 aromatic rings. The molecule has 0 atom stereocenters. The second-order valence-corrected chi connectivity index (χ2v) is 6.81. The number of piperidine rings is 1. The average molecular weight is 385 g/mol. The second-order valence-electron chi connectivity index (χ2n) is 6.81. The molecule has 8 nitrogen and oxygen atoms in total. The van der Waals surface area contributed by atoms with Crippen molar-refractivity contribution in [3.63, 3.8) is 0 Å². The third-order valence-electron chi connectivity index (χ3n) is 4.70. The molecule has 0 aliphatic carbocycles. The third-order valence-corrected chi connectivity index (χ3v) is 4.70. The minimum Gasteiger partial charge on any atom is -0.450 e. The number of amides is 3. The van der Waals surface area contributed by atoms with Crippen LogP contribution in [0.15, 0.2) is 42.7 Å². The summed E-state index contributed by atoms with van der Waals surface area (Å²) in [7, 11) is 0. The maximum atomic E-state index is 12.2. The van der Waals surface area contributed by atoms with Gasteiger partial charge < -0.3 is 20.3 Å². The SMILES string of the molecule is CCOC(=O)N1CCC(NC(=O)NCc2cccc(Cn3cccn3)c2)CC1. The van der Waals surface area contributed by atoms with E-state index in [2.05, 4.69) is 21.8 Å². The van der Waals surface area contributed by atoms with Gasteiger partial charge in [-0.15, -0.1) is 0 Å². The fourth-order valence-electron chi connectivity index (χ4n) is 3.26. The van der Waals surface area contributed by atoms with Gasteiger partial charge in [0.15, 0.2) is 0 Å². The number of aromatic nitrogens is 2. The van der Waals surface area contributed by atoms with Crippen molar-refractivity contribution in [2.45, 2.75) is 38.9 Å². The van der Waals surface area contributed by atoms with Gasteiger partial charge in [-0.05, 0) is 37.0 Å². The summed E-state index contributed by atoms with van der Waals surface area (Å²) >= 11 is 0. The Bertz CT molecular complexity index is 770. The maximum absolute atomic E-state index is 12.2. The fourth-order valence-corrected chi connectivity index (χ4v) is 3.26. The van der Waals surface area contributed by atoms with Gasteiger partial charge in [0.2, 0.25) is 0 Å². The molecule has 8 heteroatoms. The van der Waals surface area contributed by atoms with Crippen LogP contribution in [0.5, 0.6) is 0 Å². The van der Waals surface area contributed by atoms with Crippen LogP contribution in [0.1, 0.15) is 30.9 Å². The molecule has 0 radical (unpaired) electrons. The van der Waals surface area contributed by atoms with E-state index in [-0.39, 0.29) is 18.2 Å². The minimum absolute atomic E-state index is 0.0665. The Hall–Kier alpha value is -3.03. The summed E-state index contributed by atoms with van der Waals surface area (Å²) < 4.78 is 6.87. The van der Waals surface area contributed by atoms with E-state index in [4.69, 9.17) is 4.74 Å². The number of hydrogen-bond acceptors (Lipinski definition) is 4. The summed E-state index contributed by atoms with van der Waals surface area (Å²) in [5, 5.41) is 10.1. The normalized spacial score (nSPS) is 14.5. The molecule has 0 unspecified atom stereocenters. The third kappa shape index (κ3) is 5.73. The molecule has 1 fully saturated rings. The summed E-state index contributed by atoms with van der Waals surface area (Å²) in [6.45, 7) is 4.53. The van der Waals surface area contributed by atoms with Crippen molar-refractivity contribution < 1.29 is 14.3 Å². The Balaban J connectivity index is 1.41. The number of benzene rings is 1. The van der Waals surface area contributed by atoms with Crippen LogP contribution < -0.4 is 10.6 Å². The van der Waals surface area contributed by atoms with Crippen molar-refractivity contribution in [1.29, 1.82) is 0 Å². The molecule has 1 aromatic heterocycles. The van der Waals surface area contributed by atoms with Gasteiger partial charge in [0.1, 0.15) is 0 Å². The van der Waals surface area contributed by atoms with Crippen molar-refractivity contribution in [3.8, 4) is 0 Å². The fraction of sp³-hybridized carbons (Fsp3) is 0.450. The van der Waals surface area contributed by atoms with Crippen LogP contribution in [-0.4, -0.2) is 52.5 Å². The van der Waals surface area contributed by atoms with Crippen LogP contribution in [0.2, 0.25) is 0 Å². The number of likely N-dealkylation sites (tertiary alicyclic amines) is 1. The number of nitrogens with one attached hydrogen (secondary N) is 2. The predicted molar refractivity (Wildman–Crippen MR) is 105 cm³/mol. The summed E-state index contributed by atoms with van der Waals surface area (Å²) in [5.74, 6) is 0. The van der Waals surface area contributed by atoms with E-state index >= 15 is 0 Å². The van der Waals surface area contributed by atoms with Crippen LogP contribution in [0, 0.1) is 0 Å². The largest absolute Gasteiger partial charge is 0.450 e. The monoisotopic (exact) mass is 385 g/mol. The molecule has 150 valence electrons. The Morgan fingerprint density at radius 3 is 2.71 bits per heavy atom. The number of hydrogen-bond donors (Lipinski definition) is 2. The first-order valence-electron chi connectivity index (χ1n) is 9.65. The van der Waals surface area contributed by atoms with Crippen LogP contribution in [0.4, 0.5) is 9.59 Å². The molecule has 1 aliphatic heterocycles.